The molecule has 0 radical (unpaired) electrons. The number of nitrogens with zero attached hydrogens (tertiary/aromatic N) is 4. The van der Waals surface area contributed by atoms with E-state index in [4.69, 9.17) is 4.74 Å². The minimum Gasteiger partial charge on any atom is -0.465 e. The maximum Gasteiger partial charge on any atom is 0.339 e. The molecule has 2 atom stereocenters. The van der Waals surface area contributed by atoms with Crippen molar-refractivity contribution >= 4 is 36.0 Å². The molecule has 2 aromatic heterocycles. The number of carbonyl (C=O) groups excluding carboxylic acids is 1. The topological polar surface area (TPSA) is 110 Å². The van der Waals surface area contributed by atoms with Crippen molar-refractivity contribution in [3.8, 4) is 0 Å². The molecule has 0 bridgehead atoms. The van der Waals surface area contributed by atoms with E-state index >= 15 is 0 Å². The predicted molar refractivity (Wildman–Crippen MR) is 136 cm³/mol. The van der Waals surface area contributed by atoms with Gasteiger partial charge in [0.05, 0.1) is 12.7 Å². The van der Waals surface area contributed by atoms with E-state index in [1.165, 1.54) is 17.9 Å². The number of thioether (sulfide) groups is 1. The largest absolute Gasteiger partial charge is 0.465 e. The number of allylic oxidation sites excluding steroid dienone is 3. The Morgan fingerprint density at radius 2 is 2.00 bits per heavy atom. The van der Waals surface area contributed by atoms with Gasteiger partial charge in [-0.25, -0.2) is 19.8 Å². The van der Waals surface area contributed by atoms with E-state index in [9.17, 15) is 9.59 Å². The number of ether oxygens (including phenoxy) is 1. The summed E-state index contributed by atoms with van der Waals surface area (Å²) in [5.41, 5.74) is 1.23. The molecule has 2 N–H and O–H groups in total. The van der Waals surface area contributed by atoms with E-state index in [1.807, 2.05) is 25.6 Å². The maximum absolute atomic E-state index is 12.6. The summed E-state index contributed by atoms with van der Waals surface area (Å²) >= 11 is 1.61. The third kappa shape index (κ3) is 6.34. The molecule has 0 aromatic carbocycles. The number of anilines is 1. The SMILES string of the molecule is C=N/C(=C\C=C(/C)c1cc(C(=O)OC)cn(C)c1=O)N[C@H]1CC[C@H](Nc2ncc(SC)cn2)C1. The molecule has 1 aliphatic rings. The van der Waals surface area contributed by atoms with Gasteiger partial charge < -0.3 is 19.9 Å². The summed E-state index contributed by atoms with van der Waals surface area (Å²) in [6.07, 6.45) is 13.5. The van der Waals surface area contributed by atoms with E-state index in [-0.39, 0.29) is 17.6 Å². The summed E-state index contributed by atoms with van der Waals surface area (Å²) in [6.45, 7) is 5.47. The Labute approximate surface area is 203 Å². The lowest BCUT2D eigenvalue weighted by atomic mass is 10.1. The van der Waals surface area contributed by atoms with Crippen LogP contribution in [0.1, 0.15) is 42.1 Å². The highest BCUT2D eigenvalue weighted by atomic mass is 32.2. The fraction of sp³-hybridized carbons (Fsp3) is 0.375. The third-order valence-corrected chi connectivity index (χ3v) is 6.35. The van der Waals surface area contributed by atoms with E-state index in [2.05, 4.69) is 32.3 Å². The molecule has 0 unspecified atom stereocenters. The fourth-order valence-corrected chi connectivity index (χ4v) is 4.11. The van der Waals surface area contributed by atoms with Crippen molar-refractivity contribution in [3.63, 3.8) is 0 Å². The zero-order valence-corrected chi connectivity index (χ0v) is 20.7. The van der Waals surface area contributed by atoms with Crippen LogP contribution < -0.4 is 16.2 Å². The summed E-state index contributed by atoms with van der Waals surface area (Å²) in [6, 6.07) is 2.04. The van der Waals surface area contributed by atoms with E-state index in [0.29, 0.717) is 28.5 Å². The molecule has 0 aliphatic heterocycles. The standard InChI is InChI=1S/C24H30N6O3S/c1-15(20-10-16(23(32)33-4)14-30(3)22(20)31)6-9-21(25-2)28-17-7-8-18(11-17)29-24-26-12-19(34-5)13-27-24/h6,9-10,12-14,17-18,28H,2,7-8,11H2,1,3-5H3,(H,26,27,29)/b15-6+,21-9+/t17-,18-/m0/s1. The van der Waals surface area contributed by atoms with Gasteiger partial charge in [-0.1, -0.05) is 6.08 Å². The Balaban J connectivity index is 1.66. The number of aliphatic imine (C=N–C) groups is 1. The average molecular weight is 483 g/mol. The summed E-state index contributed by atoms with van der Waals surface area (Å²) in [7, 11) is 2.91. The van der Waals surface area contributed by atoms with Crippen LogP contribution in [0, 0.1) is 0 Å². The predicted octanol–water partition coefficient (Wildman–Crippen LogP) is 3.25. The molecule has 1 saturated carbocycles. The second-order valence-electron chi connectivity index (χ2n) is 8.05. The second kappa shape index (κ2) is 11.6. The van der Waals surface area contributed by atoms with Gasteiger partial charge in [0.15, 0.2) is 0 Å². The lowest BCUT2D eigenvalue weighted by Gasteiger charge is -2.15. The van der Waals surface area contributed by atoms with Crippen molar-refractivity contribution in [1.82, 2.24) is 19.9 Å². The molecule has 1 aliphatic carbocycles. The van der Waals surface area contributed by atoms with E-state index in [0.717, 1.165) is 24.2 Å². The zero-order chi connectivity index (χ0) is 24.7. The van der Waals surface area contributed by atoms with E-state index in [1.54, 1.807) is 37.0 Å². The van der Waals surface area contributed by atoms with Crippen LogP contribution in [0.4, 0.5) is 5.95 Å². The number of aromatic nitrogens is 3. The summed E-state index contributed by atoms with van der Waals surface area (Å²) in [5.74, 6) is 0.757. The fourth-order valence-electron chi connectivity index (χ4n) is 3.80. The van der Waals surface area contributed by atoms with Gasteiger partial charge in [-0.2, -0.15) is 0 Å². The number of esters is 1. The van der Waals surface area contributed by atoms with Crippen LogP contribution in [0.5, 0.6) is 0 Å². The molecular weight excluding hydrogens is 452 g/mol. The molecule has 2 heterocycles. The Bertz CT molecular complexity index is 1160. The van der Waals surface area contributed by atoms with Gasteiger partial charge in [-0.05, 0) is 56.9 Å². The first kappa shape index (κ1) is 25.2. The van der Waals surface area contributed by atoms with Crippen molar-refractivity contribution < 1.29 is 9.53 Å². The first-order valence-electron chi connectivity index (χ1n) is 10.9. The van der Waals surface area contributed by atoms with Crippen LogP contribution in [0.25, 0.3) is 5.57 Å². The smallest absolute Gasteiger partial charge is 0.339 e. The Morgan fingerprint density at radius 3 is 2.65 bits per heavy atom. The minimum atomic E-state index is -0.495. The highest BCUT2D eigenvalue weighted by Crippen LogP contribution is 2.23. The van der Waals surface area contributed by atoms with Gasteiger partial charge in [-0.15, -0.1) is 11.8 Å². The summed E-state index contributed by atoms with van der Waals surface area (Å²) < 4.78 is 6.15. The lowest BCUT2D eigenvalue weighted by Crippen LogP contribution is -2.27. The van der Waals surface area contributed by atoms with Crippen LogP contribution in [0.2, 0.25) is 0 Å². The van der Waals surface area contributed by atoms with Gasteiger partial charge in [0.2, 0.25) is 5.95 Å². The second-order valence-corrected chi connectivity index (χ2v) is 8.93. The first-order chi connectivity index (χ1) is 16.3. The lowest BCUT2D eigenvalue weighted by molar-refractivity contribution is 0.0599. The highest BCUT2D eigenvalue weighted by molar-refractivity contribution is 7.98. The number of hydrogen-bond acceptors (Lipinski definition) is 9. The maximum atomic E-state index is 12.6. The Kier molecular flexibility index (Phi) is 8.64. The summed E-state index contributed by atoms with van der Waals surface area (Å²) in [5, 5.41) is 6.81. The molecular formula is C24H30N6O3S. The van der Waals surface area contributed by atoms with Crippen LogP contribution in [0.3, 0.4) is 0 Å². The molecule has 34 heavy (non-hydrogen) atoms. The number of carbonyl (C=O) groups is 1. The normalized spacial score (nSPS) is 18.5. The number of rotatable bonds is 9. The quantitative estimate of drug-likeness (QED) is 0.243. The first-order valence-corrected chi connectivity index (χ1v) is 12.1. The third-order valence-electron chi connectivity index (χ3n) is 5.67. The molecule has 1 fully saturated rings. The number of aryl methyl sites for hydroxylation is 1. The number of pyridine rings is 1. The number of methoxy groups -OCH3 is 1. The van der Waals surface area contributed by atoms with Crippen LogP contribution >= 0.6 is 11.8 Å². The van der Waals surface area contributed by atoms with Crippen LogP contribution in [0.15, 0.2) is 57.3 Å². The Hall–Kier alpha value is -3.40. The van der Waals surface area contributed by atoms with Gasteiger partial charge in [-0.3, -0.25) is 4.79 Å². The summed E-state index contributed by atoms with van der Waals surface area (Å²) in [4.78, 5) is 38.3. The van der Waals surface area contributed by atoms with E-state index < -0.39 is 5.97 Å². The van der Waals surface area contributed by atoms with Crippen molar-refractivity contribution in [2.24, 2.45) is 12.0 Å². The minimum absolute atomic E-state index is 0.201. The molecule has 3 rings (SSSR count). The highest BCUT2D eigenvalue weighted by Gasteiger charge is 2.25. The van der Waals surface area contributed by atoms with Crippen molar-refractivity contribution in [1.29, 1.82) is 0 Å². The zero-order valence-electron chi connectivity index (χ0n) is 19.9. The monoisotopic (exact) mass is 482 g/mol. The molecule has 9 nitrogen and oxygen atoms in total. The molecule has 0 amide bonds. The number of hydrogen-bond donors (Lipinski definition) is 2. The molecule has 2 aromatic rings. The Morgan fingerprint density at radius 1 is 1.29 bits per heavy atom. The van der Waals surface area contributed by atoms with Crippen LogP contribution in [-0.2, 0) is 11.8 Å². The van der Waals surface area contributed by atoms with Crippen molar-refractivity contribution in [3.05, 3.63) is 64.1 Å². The molecule has 180 valence electrons. The molecule has 0 saturated heterocycles. The van der Waals surface area contributed by atoms with Gasteiger partial charge in [0.25, 0.3) is 5.56 Å². The van der Waals surface area contributed by atoms with Gasteiger partial charge >= 0.3 is 5.97 Å². The van der Waals surface area contributed by atoms with Crippen molar-refractivity contribution in [2.45, 2.75) is 43.2 Å². The van der Waals surface area contributed by atoms with Crippen LogP contribution in [-0.4, -0.2) is 52.7 Å². The van der Waals surface area contributed by atoms with Gasteiger partial charge in [0, 0.05) is 48.2 Å². The van der Waals surface area contributed by atoms with Crippen molar-refractivity contribution in [2.75, 3.05) is 18.7 Å². The number of nitrogens with one attached hydrogen (secondary N) is 2. The van der Waals surface area contributed by atoms with Gasteiger partial charge in [0.1, 0.15) is 5.82 Å². The molecule has 10 heteroatoms. The molecule has 0 spiro atoms. The average Bonchev–Trinajstić information content (AvgIpc) is 3.29.